The summed E-state index contributed by atoms with van der Waals surface area (Å²) < 4.78 is 46.4. The van der Waals surface area contributed by atoms with Crippen molar-refractivity contribution in [3.05, 3.63) is 60.4 Å². The Morgan fingerprint density at radius 3 is 2.27 bits per heavy atom. The zero-order valence-electron chi connectivity index (χ0n) is 13.4. The van der Waals surface area contributed by atoms with Crippen LogP contribution in [-0.2, 0) is 4.74 Å². The summed E-state index contributed by atoms with van der Waals surface area (Å²) in [5, 5.41) is 4.28. The van der Waals surface area contributed by atoms with Crippen LogP contribution in [0, 0.1) is 0 Å². The smallest absolute Gasteiger partial charge is 0.465 e. The van der Waals surface area contributed by atoms with Gasteiger partial charge in [0.2, 0.25) is 0 Å². The molecule has 134 valence electrons. The maximum absolute atomic E-state index is 12.2. The van der Waals surface area contributed by atoms with Crippen LogP contribution in [0.1, 0.15) is 10.4 Å². The first-order valence-corrected chi connectivity index (χ1v) is 7.32. The minimum absolute atomic E-state index is 0.319. The third kappa shape index (κ3) is 4.00. The Labute approximate surface area is 145 Å². The molecular formula is C17H12F3N3O3. The number of methoxy groups -OCH3 is 1. The van der Waals surface area contributed by atoms with E-state index < -0.39 is 12.3 Å². The molecule has 0 fully saturated rings. The number of ether oxygens (including phenoxy) is 2. The number of carbonyl (C=O) groups is 1. The molecule has 0 saturated carbocycles. The summed E-state index contributed by atoms with van der Waals surface area (Å²) >= 11 is 0. The van der Waals surface area contributed by atoms with Crippen LogP contribution in [0.25, 0.3) is 17.1 Å². The van der Waals surface area contributed by atoms with E-state index in [-0.39, 0.29) is 5.75 Å². The van der Waals surface area contributed by atoms with Crippen molar-refractivity contribution in [2.24, 2.45) is 0 Å². The van der Waals surface area contributed by atoms with Gasteiger partial charge in [-0.3, -0.25) is 0 Å². The number of esters is 1. The fourth-order valence-electron chi connectivity index (χ4n) is 2.19. The molecule has 0 radical (unpaired) electrons. The van der Waals surface area contributed by atoms with Gasteiger partial charge in [0.25, 0.3) is 0 Å². The van der Waals surface area contributed by atoms with Gasteiger partial charge in [-0.25, -0.2) is 14.5 Å². The molecule has 0 spiro atoms. The van der Waals surface area contributed by atoms with Gasteiger partial charge in [0.05, 0.1) is 18.4 Å². The van der Waals surface area contributed by atoms with Crippen molar-refractivity contribution in [1.29, 1.82) is 0 Å². The van der Waals surface area contributed by atoms with Gasteiger partial charge in [-0.1, -0.05) is 12.1 Å². The van der Waals surface area contributed by atoms with Gasteiger partial charge >= 0.3 is 12.3 Å². The molecule has 0 aliphatic carbocycles. The first kappa shape index (κ1) is 17.5. The molecule has 0 bridgehead atoms. The SMILES string of the molecule is COC(=O)c1ccc(-c2ncn(-c3ccc(OC(F)(F)F)cc3)n2)cc1. The fraction of sp³-hybridized carbons (Fsp3) is 0.118. The van der Waals surface area contributed by atoms with Gasteiger partial charge in [0, 0.05) is 5.56 Å². The van der Waals surface area contributed by atoms with Crippen molar-refractivity contribution in [3.63, 3.8) is 0 Å². The number of nitrogens with zero attached hydrogens (tertiary/aromatic N) is 3. The molecule has 0 atom stereocenters. The van der Waals surface area contributed by atoms with Crippen LogP contribution in [0.4, 0.5) is 13.2 Å². The summed E-state index contributed by atoms with van der Waals surface area (Å²) in [6, 6.07) is 11.8. The molecule has 0 aliphatic heterocycles. The Hall–Kier alpha value is -3.36. The second kappa shape index (κ2) is 6.87. The summed E-state index contributed by atoms with van der Waals surface area (Å²) in [6.07, 6.45) is -3.30. The molecule has 0 N–H and O–H groups in total. The molecule has 3 aromatic rings. The normalized spacial score (nSPS) is 11.2. The molecule has 0 aliphatic rings. The third-order valence-electron chi connectivity index (χ3n) is 3.39. The number of carbonyl (C=O) groups excluding carboxylic acids is 1. The van der Waals surface area contributed by atoms with Crippen molar-refractivity contribution in [2.45, 2.75) is 6.36 Å². The van der Waals surface area contributed by atoms with Gasteiger partial charge in [0.1, 0.15) is 12.1 Å². The Balaban J connectivity index is 1.78. The highest BCUT2D eigenvalue weighted by atomic mass is 19.4. The number of hydrogen-bond donors (Lipinski definition) is 0. The van der Waals surface area contributed by atoms with Crippen LogP contribution in [0.5, 0.6) is 5.75 Å². The van der Waals surface area contributed by atoms with Crippen molar-refractivity contribution >= 4 is 5.97 Å². The number of hydrogen-bond acceptors (Lipinski definition) is 5. The van der Waals surface area contributed by atoms with E-state index >= 15 is 0 Å². The van der Waals surface area contributed by atoms with E-state index in [2.05, 4.69) is 19.6 Å². The van der Waals surface area contributed by atoms with Crippen LogP contribution in [0.15, 0.2) is 54.9 Å². The lowest BCUT2D eigenvalue weighted by Crippen LogP contribution is -2.17. The summed E-state index contributed by atoms with van der Waals surface area (Å²) in [4.78, 5) is 15.6. The Morgan fingerprint density at radius 1 is 1.04 bits per heavy atom. The number of halogens is 3. The largest absolute Gasteiger partial charge is 0.573 e. The monoisotopic (exact) mass is 363 g/mol. The first-order valence-electron chi connectivity index (χ1n) is 7.32. The van der Waals surface area contributed by atoms with Gasteiger partial charge in [0.15, 0.2) is 5.82 Å². The molecular weight excluding hydrogens is 351 g/mol. The van der Waals surface area contributed by atoms with E-state index in [0.717, 1.165) is 0 Å². The summed E-state index contributed by atoms with van der Waals surface area (Å²) in [7, 11) is 1.30. The number of rotatable bonds is 4. The molecule has 26 heavy (non-hydrogen) atoms. The Kier molecular flexibility index (Phi) is 4.61. The lowest BCUT2D eigenvalue weighted by atomic mass is 10.1. The second-order valence-corrected chi connectivity index (χ2v) is 5.12. The molecule has 9 heteroatoms. The summed E-state index contributed by atoms with van der Waals surface area (Å²) in [6.45, 7) is 0. The van der Waals surface area contributed by atoms with Crippen LogP contribution >= 0.6 is 0 Å². The zero-order valence-corrected chi connectivity index (χ0v) is 13.4. The summed E-state index contributed by atoms with van der Waals surface area (Å²) in [5.74, 6) is -0.367. The van der Waals surface area contributed by atoms with E-state index in [1.807, 2.05) is 0 Å². The molecule has 3 rings (SSSR count). The predicted molar refractivity (Wildman–Crippen MR) is 84.8 cm³/mol. The molecule has 0 amide bonds. The van der Waals surface area contributed by atoms with Gasteiger partial charge in [-0.05, 0) is 36.4 Å². The van der Waals surface area contributed by atoms with Crippen molar-refractivity contribution < 1.29 is 27.4 Å². The highest BCUT2D eigenvalue weighted by Gasteiger charge is 2.30. The zero-order chi connectivity index (χ0) is 18.7. The van der Waals surface area contributed by atoms with Gasteiger partial charge in [-0.2, -0.15) is 0 Å². The highest BCUT2D eigenvalue weighted by molar-refractivity contribution is 5.89. The summed E-state index contributed by atoms with van der Waals surface area (Å²) in [5.41, 5.74) is 1.59. The third-order valence-corrected chi connectivity index (χ3v) is 3.39. The molecule has 0 unspecified atom stereocenters. The van der Waals surface area contributed by atoms with E-state index in [1.165, 1.54) is 42.4 Å². The highest BCUT2D eigenvalue weighted by Crippen LogP contribution is 2.24. The number of aromatic nitrogens is 3. The van der Waals surface area contributed by atoms with E-state index in [0.29, 0.717) is 22.6 Å². The average Bonchev–Trinajstić information content (AvgIpc) is 3.10. The molecule has 6 nitrogen and oxygen atoms in total. The van der Waals surface area contributed by atoms with E-state index in [9.17, 15) is 18.0 Å². The topological polar surface area (TPSA) is 66.2 Å². The van der Waals surface area contributed by atoms with Crippen molar-refractivity contribution in [1.82, 2.24) is 14.8 Å². The minimum atomic E-state index is -4.74. The fourth-order valence-corrected chi connectivity index (χ4v) is 2.19. The maximum atomic E-state index is 12.2. The Bertz CT molecular complexity index is 903. The molecule has 2 aromatic carbocycles. The van der Waals surface area contributed by atoms with Crippen LogP contribution in [-0.4, -0.2) is 34.2 Å². The number of alkyl halides is 3. The van der Waals surface area contributed by atoms with Crippen LogP contribution in [0.3, 0.4) is 0 Å². The van der Waals surface area contributed by atoms with E-state index in [1.54, 1.807) is 24.3 Å². The number of benzene rings is 2. The molecule has 1 heterocycles. The Morgan fingerprint density at radius 2 is 1.69 bits per heavy atom. The standard InChI is InChI=1S/C17H12F3N3O3/c1-25-16(24)12-4-2-11(3-5-12)15-21-10-23(22-15)13-6-8-14(9-7-13)26-17(18,19)20/h2-10H,1H3. The van der Waals surface area contributed by atoms with Gasteiger partial charge in [-0.15, -0.1) is 18.3 Å². The quantitative estimate of drug-likeness (QED) is 0.663. The van der Waals surface area contributed by atoms with Crippen molar-refractivity contribution in [3.8, 4) is 22.8 Å². The lowest BCUT2D eigenvalue weighted by molar-refractivity contribution is -0.274. The first-order chi connectivity index (χ1) is 12.4. The molecule has 1 aromatic heterocycles. The minimum Gasteiger partial charge on any atom is -0.465 e. The average molecular weight is 363 g/mol. The van der Waals surface area contributed by atoms with Crippen LogP contribution in [0.2, 0.25) is 0 Å². The predicted octanol–water partition coefficient (Wildman–Crippen LogP) is 3.62. The van der Waals surface area contributed by atoms with Crippen LogP contribution < -0.4 is 4.74 Å². The van der Waals surface area contributed by atoms with E-state index in [4.69, 9.17) is 0 Å². The van der Waals surface area contributed by atoms with Gasteiger partial charge < -0.3 is 9.47 Å². The lowest BCUT2D eigenvalue weighted by Gasteiger charge is -2.09. The maximum Gasteiger partial charge on any atom is 0.573 e. The van der Waals surface area contributed by atoms with Crippen molar-refractivity contribution in [2.75, 3.05) is 7.11 Å². The molecule has 0 saturated heterocycles. The second-order valence-electron chi connectivity index (χ2n) is 5.12.